The van der Waals surface area contributed by atoms with Crippen LogP contribution in [0.5, 0.6) is 0 Å². The summed E-state index contributed by atoms with van der Waals surface area (Å²) in [6.45, 7) is 1.84. The lowest BCUT2D eigenvalue weighted by molar-refractivity contribution is -0.142. The number of nitrogens with two attached hydrogens (primary N) is 1. The summed E-state index contributed by atoms with van der Waals surface area (Å²) < 4.78 is 29.7. The average molecular weight is 265 g/mol. The van der Waals surface area contributed by atoms with Crippen LogP contribution in [0.15, 0.2) is 6.07 Å². The van der Waals surface area contributed by atoms with E-state index in [9.17, 15) is 13.6 Å². The number of esters is 1. The molecule has 17 heavy (non-hydrogen) atoms. The first-order valence-corrected chi connectivity index (χ1v) is 5.22. The normalized spacial score (nSPS) is 10.6. The minimum atomic E-state index is -2.82. The number of carbonyl (C=O) groups excluding carboxylic acids is 1. The number of hydrogen-bond acceptors (Lipinski definition) is 4. The molecule has 0 aliphatic carbocycles. The Morgan fingerprint density at radius 3 is 2.82 bits per heavy atom. The lowest BCUT2D eigenvalue weighted by Crippen LogP contribution is -2.12. The molecule has 0 saturated carbocycles. The molecule has 0 radical (unpaired) electrons. The second kappa shape index (κ2) is 5.77. The number of nitrogen functional groups attached to an aromatic ring is 1. The fourth-order valence-electron chi connectivity index (χ4n) is 1.20. The Hall–Kier alpha value is -1.43. The van der Waals surface area contributed by atoms with E-state index in [1.165, 1.54) is 0 Å². The van der Waals surface area contributed by atoms with Crippen LogP contribution in [0, 0.1) is 0 Å². The van der Waals surface area contributed by atoms with Gasteiger partial charge in [0.25, 0.3) is 6.43 Å². The fourth-order valence-corrected chi connectivity index (χ4v) is 1.44. The van der Waals surface area contributed by atoms with Crippen molar-refractivity contribution in [1.82, 2.24) is 4.98 Å². The minimum absolute atomic E-state index is 0.0446. The molecule has 0 unspecified atom stereocenters. The van der Waals surface area contributed by atoms with E-state index in [0.717, 1.165) is 6.07 Å². The number of alkyl halides is 2. The number of aromatic nitrogens is 1. The molecular weight excluding hydrogens is 254 g/mol. The van der Waals surface area contributed by atoms with Crippen LogP contribution >= 0.6 is 11.6 Å². The van der Waals surface area contributed by atoms with Crippen molar-refractivity contribution >= 4 is 23.3 Å². The van der Waals surface area contributed by atoms with E-state index in [2.05, 4.69) is 9.72 Å². The van der Waals surface area contributed by atoms with Crippen molar-refractivity contribution in [2.75, 3.05) is 12.3 Å². The molecule has 0 atom stereocenters. The standard InChI is InChI=1S/C10H11ClF2N2O2/c1-2-17-8(16)4-7-6(14)3-5(11)9(15-7)10(12)13/h3,10H,2,4,14H2,1H3. The predicted molar refractivity (Wildman–Crippen MR) is 59.0 cm³/mol. The number of halogens is 3. The maximum atomic E-state index is 12.5. The molecule has 4 nitrogen and oxygen atoms in total. The summed E-state index contributed by atoms with van der Waals surface area (Å²) in [6, 6.07) is 1.16. The maximum Gasteiger partial charge on any atom is 0.311 e. The summed E-state index contributed by atoms with van der Waals surface area (Å²) in [7, 11) is 0. The Morgan fingerprint density at radius 2 is 2.29 bits per heavy atom. The number of carbonyl (C=O) groups is 1. The van der Waals surface area contributed by atoms with Crippen LogP contribution in [0.25, 0.3) is 0 Å². The van der Waals surface area contributed by atoms with E-state index in [1.54, 1.807) is 6.92 Å². The van der Waals surface area contributed by atoms with Gasteiger partial charge in [0.2, 0.25) is 0 Å². The third-order valence-corrected chi connectivity index (χ3v) is 2.24. The van der Waals surface area contributed by atoms with Crippen LogP contribution in [-0.2, 0) is 16.0 Å². The number of rotatable bonds is 4. The van der Waals surface area contributed by atoms with E-state index in [0.29, 0.717) is 0 Å². The molecule has 0 amide bonds. The number of pyridine rings is 1. The van der Waals surface area contributed by atoms with Crippen molar-refractivity contribution < 1.29 is 18.3 Å². The van der Waals surface area contributed by atoms with E-state index in [4.69, 9.17) is 17.3 Å². The maximum absolute atomic E-state index is 12.5. The Labute approximate surface area is 102 Å². The van der Waals surface area contributed by atoms with Gasteiger partial charge >= 0.3 is 5.97 Å². The lowest BCUT2D eigenvalue weighted by Gasteiger charge is -2.09. The molecule has 7 heteroatoms. The molecule has 0 aliphatic rings. The van der Waals surface area contributed by atoms with Crippen LogP contribution in [0.2, 0.25) is 5.02 Å². The Balaban J connectivity index is 2.99. The highest BCUT2D eigenvalue weighted by Crippen LogP contribution is 2.28. The Kier molecular flexibility index (Phi) is 4.62. The number of nitrogens with zero attached hydrogens (tertiary/aromatic N) is 1. The van der Waals surface area contributed by atoms with Crippen LogP contribution < -0.4 is 5.73 Å². The first-order chi connectivity index (χ1) is 7.95. The topological polar surface area (TPSA) is 65.2 Å². The Bertz CT molecular complexity index is 427. The van der Waals surface area contributed by atoms with Gasteiger partial charge in [0.05, 0.1) is 29.4 Å². The quantitative estimate of drug-likeness (QED) is 0.848. The molecule has 0 bridgehead atoms. The van der Waals surface area contributed by atoms with E-state index in [-0.39, 0.29) is 29.4 Å². The molecule has 0 aliphatic heterocycles. The van der Waals surface area contributed by atoms with Gasteiger partial charge in [-0.1, -0.05) is 11.6 Å². The van der Waals surface area contributed by atoms with Crippen molar-refractivity contribution in [2.24, 2.45) is 0 Å². The van der Waals surface area contributed by atoms with Gasteiger partial charge in [-0.3, -0.25) is 4.79 Å². The summed E-state index contributed by atoms with van der Waals surface area (Å²) >= 11 is 5.56. The van der Waals surface area contributed by atoms with E-state index in [1.807, 2.05) is 0 Å². The van der Waals surface area contributed by atoms with Gasteiger partial charge in [-0.25, -0.2) is 13.8 Å². The second-order valence-electron chi connectivity index (χ2n) is 3.17. The number of anilines is 1. The number of hydrogen-bond donors (Lipinski definition) is 1. The molecular formula is C10H11ClF2N2O2. The summed E-state index contributed by atoms with van der Waals surface area (Å²) in [6.07, 6.45) is -3.07. The van der Waals surface area contributed by atoms with Gasteiger partial charge in [0, 0.05) is 0 Å². The number of ether oxygens (including phenoxy) is 1. The van der Waals surface area contributed by atoms with E-state index < -0.39 is 18.1 Å². The van der Waals surface area contributed by atoms with Crippen molar-refractivity contribution in [1.29, 1.82) is 0 Å². The molecule has 0 saturated heterocycles. The molecule has 0 aromatic carbocycles. The van der Waals surface area contributed by atoms with Crippen molar-refractivity contribution in [2.45, 2.75) is 19.8 Å². The highest BCUT2D eigenvalue weighted by atomic mass is 35.5. The predicted octanol–water partition coefficient (Wildman–Crippen LogP) is 2.36. The van der Waals surface area contributed by atoms with Crippen molar-refractivity contribution in [3.63, 3.8) is 0 Å². The van der Waals surface area contributed by atoms with Crippen LogP contribution in [-0.4, -0.2) is 17.6 Å². The fraction of sp³-hybridized carbons (Fsp3) is 0.400. The van der Waals surface area contributed by atoms with Gasteiger partial charge in [-0.15, -0.1) is 0 Å². The third kappa shape index (κ3) is 3.52. The van der Waals surface area contributed by atoms with Crippen LogP contribution in [0.1, 0.15) is 24.7 Å². The lowest BCUT2D eigenvalue weighted by atomic mass is 10.2. The van der Waals surface area contributed by atoms with Crippen LogP contribution in [0.4, 0.5) is 14.5 Å². The van der Waals surface area contributed by atoms with Gasteiger partial charge < -0.3 is 10.5 Å². The largest absolute Gasteiger partial charge is 0.466 e. The molecule has 1 aromatic heterocycles. The summed E-state index contributed by atoms with van der Waals surface area (Å²) in [4.78, 5) is 14.8. The Morgan fingerprint density at radius 1 is 1.65 bits per heavy atom. The second-order valence-corrected chi connectivity index (χ2v) is 3.58. The first-order valence-electron chi connectivity index (χ1n) is 4.84. The molecule has 0 fully saturated rings. The summed E-state index contributed by atoms with van der Waals surface area (Å²) in [5.74, 6) is -0.575. The smallest absolute Gasteiger partial charge is 0.311 e. The first kappa shape index (κ1) is 13.6. The molecule has 2 N–H and O–H groups in total. The van der Waals surface area contributed by atoms with Crippen molar-refractivity contribution in [3.8, 4) is 0 Å². The molecule has 94 valence electrons. The SMILES string of the molecule is CCOC(=O)Cc1nc(C(F)F)c(Cl)cc1N. The van der Waals surface area contributed by atoms with Crippen LogP contribution in [0.3, 0.4) is 0 Å². The van der Waals surface area contributed by atoms with Gasteiger partial charge in [-0.2, -0.15) is 0 Å². The molecule has 1 aromatic rings. The zero-order chi connectivity index (χ0) is 13.0. The molecule has 1 heterocycles. The summed E-state index contributed by atoms with van der Waals surface area (Å²) in [5, 5.41) is -0.217. The third-order valence-electron chi connectivity index (χ3n) is 1.94. The minimum Gasteiger partial charge on any atom is -0.466 e. The average Bonchev–Trinajstić information content (AvgIpc) is 2.21. The zero-order valence-electron chi connectivity index (χ0n) is 9.04. The zero-order valence-corrected chi connectivity index (χ0v) is 9.80. The molecule has 0 spiro atoms. The molecule has 1 rings (SSSR count). The van der Waals surface area contributed by atoms with Gasteiger partial charge in [-0.05, 0) is 13.0 Å². The van der Waals surface area contributed by atoms with Gasteiger partial charge in [0.1, 0.15) is 5.69 Å². The highest BCUT2D eigenvalue weighted by Gasteiger charge is 2.18. The van der Waals surface area contributed by atoms with Crippen molar-refractivity contribution in [3.05, 3.63) is 22.5 Å². The monoisotopic (exact) mass is 264 g/mol. The van der Waals surface area contributed by atoms with Gasteiger partial charge in [0.15, 0.2) is 0 Å². The van der Waals surface area contributed by atoms with E-state index >= 15 is 0 Å². The summed E-state index contributed by atoms with van der Waals surface area (Å²) in [5.41, 5.74) is 5.09. The highest BCUT2D eigenvalue weighted by molar-refractivity contribution is 6.31.